The number of rotatable bonds is 2. The van der Waals surface area contributed by atoms with E-state index in [0.29, 0.717) is 0 Å². The van der Waals surface area contributed by atoms with Gasteiger partial charge in [-0.2, -0.15) is 0 Å². The van der Waals surface area contributed by atoms with Gasteiger partial charge in [-0.1, -0.05) is 34.1 Å². The van der Waals surface area contributed by atoms with Crippen LogP contribution in [0.5, 0.6) is 0 Å². The van der Waals surface area contributed by atoms with E-state index in [1.165, 1.54) is 12.8 Å². The summed E-state index contributed by atoms with van der Waals surface area (Å²) in [5.74, 6) is 6.29. The van der Waals surface area contributed by atoms with Crippen LogP contribution in [0.4, 0.5) is 0 Å². The molecular weight excluding hydrogens is 156 g/mol. The van der Waals surface area contributed by atoms with E-state index in [-0.39, 0.29) is 0 Å². The first-order chi connectivity index (χ1) is 6.15. The van der Waals surface area contributed by atoms with Gasteiger partial charge in [0.1, 0.15) is 0 Å². The predicted molar refractivity (Wildman–Crippen MR) is 57.5 cm³/mol. The molecule has 0 nitrogen and oxygen atoms in total. The topological polar surface area (TPSA) is 0 Å². The third-order valence-electron chi connectivity index (χ3n) is 5.17. The van der Waals surface area contributed by atoms with Crippen LogP contribution in [-0.2, 0) is 0 Å². The van der Waals surface area contributed by atoms with Crippen LogP contribution in [0.3, 0.4) is 0 Å². The Labute approximate surface area is 83.1 Å². The van der Waals surface area contributed by atoms with Crippen molar-refractivity contribution in [3.63, 3.8) is 0 Å². The Balaban J connectivity index is 1.99. The van der Waals surface area contributed by atoms with E-state index >= 15 is 0 Å². The molecule has 0 bridgehead atoms. The van der Waals surface area contributed by atoms with E-state index in [1.807, 2.05) is 0 Å². The highest BCUT2D eigenvalue weighted by Crippen LogP contribution is 2.58. The van der Waals surface area contributed by atoms with Crippen LogP contribution in [-0.4, -0.2) is 0 Å². The minimum absolute atomic E-state index is 0.981. The zero-order valence-electron chi connectivity index (χ0n) is 9.59. The summed E-state index contributed by atoms with van der Waals surface area (Å²) in [5.41, 5.74) is 0. The summed E-state index contributed by atoms with van der Waals surface area (Å²) in [6.07, 6.45) is 4.46. The molecule has 76 valence electrons. The van der Waals surface area contributed by atoms with Crippen molar-refractivity contribution in [2.24, 2.45) is 35.5 Å². The van der Waals surface area contributed by atoms with Crippen molar-refractivity contribution in [1.29, 1.82) is 0 Å². The van der Waals surface area contributed by atoms with E-state index < -0.39 is 0 Å². The van der Waals surface area contributed by atoms with Gasteiger partial charge in [0.25, 0.3) is 0 Å². The monoisotopic (exact) mass is 180 g/mol. The summed E-state index contributed by atoms with van der Waals surface area (Å²) in [6.45, 7) is 9.75. The molecule has 0 radical (unpaired) electrons. The molecule has 2 aliphatic carbocycles. The SMILES string of the molecule is CCC(C)C1CC2CC(C)C(C)C21. The first kappa shape index (κ1) is 9.55. The molecule has 13 heavy (non-hydrogen) atoms. The molecule has 2 fully saturated rings. The van der Waals surface area contributed by atoms with Gasteiger partial charge in [0.05, 0.1) is 0 Å². The highest BCUT2D eigenvalue weighted by molar-refractivity contribution is 5.00. The van der Waals surface area contributed by atoms with Crippen molar-refractivity contribution >= 4 is 0 Å². The molecule has 2 saturated carbocycles. The van der Waals surface area contributed by atoms with Crippen LogP contribution in [0.2, 0.25) is 0 Å². The van der Waals surface area contributed by atoms with Crippen molar-refractivity contribution in [3.05, 3.63) is 0 Å². The summed E-state index contributed by atoms with van der Waals surface area (Å²) in [7, 11) is 0. The van der Waals surface area contributed by atoms with Crippen molar-refractivity contribution in [1.82, 2.24) is 0 Å². The normalized spacial score (nSPS) is 51.2. The van der Waals surface area contributed by atoms with Gasteiger partial charge in [0, 0.05) is 0 Å². The molecule has 0 aromatic carbocycles. The quantitative estimate of drug-likeness (QED) is 0.603. The highest BCUT2D eigenvalue weighted by atomic mass is 14.6. The van der Waals surface area contributed by atoms with Gasteiger partial charge in [-0.15, -0.1) is 0 Å². The molecule has 0 amide bonds. The minimum atomic E-state index is 0.981. The van der Waals surface area contributed by atoms with E-state index in [1.54, 1.807) is 6.42 Å². The summed E-state index contributed by atoms with van der Waals surface area (Å²) < 4.78 is 0. The fourth-order valence-corrected chi connectivity index (χ4v) is 3.88. The summed E-state index contributed by atoms with van der Waals surface area (Å²) >= 11 is 0. The van der Waals surface area contributed by atoms with E-state index in [2.05, 4.69) is 27.7 Å². The lowest BCUT2D eigenvalue weighted by molar-refractivity contribution is 0.0276. The molecule has 0 saturated heterocycles. The maximum Gasteiger partial charge on any atom is -0.0326 e. The van der Waals surface area contributed by atoms with Gasteiger partial charge in [0.15, 0.2) is 0 Å². The first-order valence-corrected chi connectivity index (χ1v) is 6.15. The smallest absolute Gasteiger partial charge is 0.0326 e. The Morgan fingerprint density at radius 2 is 1.92 bits per heavy atom. The molecule has 6 atom stereocenters. The van der Waals surface area contributed by atoms with Gasteiger partial charge in [-0.25, -0.2) is 0 Å². The van der Waals surface area contributed by atoms with Crippen LogP contribution in [0.25, 0.3) is 0 Å². The molecule has 0 aliphatic heterocycles. The molecule has 2 aliphatic rings. The molecule has 6 unspecified atom stereocenters. The number of fused-ring (bicyclic) bond motifs is 1. The van der Waals surface area contributed by atoms with Gasteiger partial charge >= 0.3 is 0 Å². The Hall–Kier alpha value is 0. The zero-order valence-corrected chi connectivity index (χ0v) is 9.59. The minimum Gasteiger partial charge on any atom is -0.0651 e. The molecule has 0 aromatic rings. The second kappa shape index (κ2) is 3.29. The maximum atomic E-state index is 2.49. The largest absolute Gasteiger partial charge is 0.0651 e. The molecular formula is C13H24. The van der Waals surface area contributed by atoms with Crippen LogP contribution in [0.15, 0.2) is 0 Å². The Morgan fingerprint density at radius 3 is 2.46 bits per heavy atom. The van der Waals surface area contributed by atoms with Gasteiger partial charge in [-0.05, 0) is 48.3 Å². The summed E-state index contributed by atoms with van der Waals surface area (Å²) in [5, 5.41) is 0. The van der Waals surface area contributed by atoms with Crippen LogP contribution in [0.1, 0.15) is 47.0 Å². The van der Waals surface area contributed by atoms with Crippen LogP contribution >= 0.6 is 0 Å². The van der Waals surface area contributed by atoms with Gasteiger partial charge in [-0.3, -0.25) is 0 Å². The standard InChI is InChI=1S/C13H24/c1-5-8(2)12-7-11-6-9(3)10(4)13(11)12/h8-13H,5-7H2,1-4H3. The van der Waals surface area contributed by atoms with Crippen molar-refractivity contribution in [2.45, 2.75) is 47.0 Å². The summed E-state index contributed by atoms with van der Waals surface area (Å²) in [6, 6.07) is 0. The first-order valence-electron chi connectivity index (χ1n) is 6.15. The second-order valence-corrected chi connectivity index (χ2v) is 5.69. The lowest BCUT2D eigenvalue weighted by Gasteiger charge is -2.46. The van der Waals surface area contributed by atoms with E-state index in [4.69, 9.17) is 0 Å². The fraction of sp³-hybridized carbons (Fsp3) is 1.00. The zero-order chi connectivity index (χ0) is 9.59. The maximum absolute atomic E-state index is 2.49. The van der Waals surface area contributed by atoms with Crippen LogP contribution < -0.4 is 0 Å². The van der Waals surface area contributed by atoms with Crippen molar-refractivity contribution < 1.29 is 0 Å². The van der Waals surface area contributed by atoms with Crippen LogP contribution in [0, 0.1) is 35.5 Å². The lowest BCUT2D eigenvalue weighted by atomic mass is 9.59. The number of hydrogen-bond acceptors (Lipinski definition) is 0. The molecule has 0 spiro atoms. The van der Waals surface area contributed by atoms with E-state index in [9.17, 15) is 0 Å². The van der Waals surface area contributed by atoms with Gasteiger partial charge < -0.3 is 0 Å². The third-order valence-corrected chi connectivity index (χ3v) is 5.17. The Bertz CT molecular complexity index is 184. The predicted octanol–water partition coefficient (Wildman–Crippen LogP) is 3.96. The molecule has 0 heterocycles. The second-order valence-electron chi connectivity index (χ2n) is 5.69. The average molecular weight is 180 g/mol. The molecule has 0 N–H and O–H groups in total. The highest BCUT2D eigenvalue weighted by Gasteiger charge is 2.51. The summed E-state index contributed by atoms with van der Waals surface area (Å²) in [4.78, 5) is 0. The number of hydrogen-bond donors (Lipinski definition) is 0. The van der Waals surface area contributed by atoms with Gasteiger partial charge in [0.2, 0.25) is 0 Å². The lowest BCUT2D eigenvalue weighted by Crippen LogP contribution is -2.39. The fourth-order valence-electron chi connectivity index (χ4n) is 3.88. The Kier molecular flexibility index (Phi) is 2.42. The molecule has 2 rings (SSSR count). The Morgan fingerprint density at radius 1 is 1.23 bits per heavy atom. The molecule has 0 aromatic heterocycles. The average Bonchev–Trinajstić information content (AvgIpc) is 2.28. The van der Waals surface area contributed by atoms with E-state index in [0.717, 1.165) is 35.5 Å². The molecule has 0 heteroatoms. The van der Waals surface area contributed by atoms with Crippen molar-refractivity contribution in [2.75, 3.05) is 0 Å². The van der Waals surface area contributed by atoms with Crippen molar-refractivity contribution in [3.8, 4) is 0 Å². The third kappa shape index (κ3) is 1.33.